The molecule has 0 spiro atoms. The van der Waals surface area contributed by atoms with Gasteiger partial charge in [-0.25, -0.2) is 8.42 Å². The largest absolute Gasteiger partial charge is 0.240 e. The predicted molar refractivity (Wildman–Crippen MR) is 52.1 cm³/mol. The number of hydrogen-bond donors (Lipinski definition) is 0. The van der Waals surface area contributed by atoms with E-state index in [1.165, 1.54) is 11.3 Å². The Morgan fingerprint density at radius 3 is 2.67 bits per heavy atom. The fraction of sp³-hybridized carbons (Fsp3) is 0.429. The molecule has 0 N–H and O–H groups in total. The summed E-state index contributed by atoms with van der Waals surface area (Å²) >= 11 is 1.42. The monoisotopic (exact) mass is 224 g/mol. The number of halogens is 1. The van der Waals surface area contributed by atoms with Crippen molar-refractivity contribution < 1.29 is 8.42 Å². The summed E-state index contributed by atoms with van der Waals surface area (Å²) < 4.78 is 22.1. The van der Waals surface area contributed by atoms with Gasteiger partial charge in [0.05, 0.1) is 0 Å². The van der Waals surface area contributed by atoms with Crippen molar-refractivity contribution in [2.24, 2.45) is 0 Å². The summed E-state index contributed by atoms with van der Waals surface area (Å²) in [5.41, 5.74) is 0. The van der Waals surface area contributed by atoms with Gasteiger partial charge in [0, 0.05) is 15.6 Å². The maximum absolute atomic E-state index is 11.0. The van der Waals surface area contributed by atoms with Crippen molar-refractivity contribution in [1.82, 2.24) is 0 Å². The second kappa shape index (κ2) is 3.77. The van der Waals surface area contributed by atoms with Gasteiger partial charge in [0.25, 0.3) is 0 Å². The zero-order valence-corrected chi connectivity index (χ0v) is 8.92. The first kappa shape index (κ1) is 10.0. The number of rotatable bonds is 3. The average Bonchev–Trinajstić information content (AvgIpc) is 2.38. The van der Waals surface area contributed by atoms with Crippen LogP contribution in [0.15, 0.2) is 17.5 Å². The molecule has 0 aliphatic carbocycles. The van der Waals surface area contributed by atoms with Gasteiger partial charge in [-0.3, -0.25) is 0 Å². The SMILES string of the molecule is CCC(c1cccs1)S(=O)(=O)Cl. The van der Waals surface area contributed by atoms with Crippen molar-refractivity contribution in [2.45, 2.75) is 18.6 Å². The first-order valence-electron chi connectivity index (χ1n) is 3.52. The van der Waals surface area contributed by atoms with E-state index in [4.69, 9.17) is 10.7 Å². The maximum atomic E-state index is 11.0. The van der Waals surface area contributed by atoms with Crippen LogP contribution in [0.5, 0.6) is 0 Å². The van der Waals surface area contributed by atoms with E-state index in [-0.39, 0.29) is 0 Å². The third kappa shape index (κ3) is 2.21. The molecule has 2 nitrogen and oxygen atoms in total. The van der Waals surface area contributed by atoms with Gasteiger partial charge in [0.2, 0.25) is 9.05 Å². The van der Waals surface area contributed by atoms with Crippen LogP contribution in [0.3, 0.4) is 0 Å². The molecular formula is C7H9ClO2S2. The summed E-state index contributed by atoms with van der Waals surface area (Å²) in [7, 11) is 1.81. The predicted octanol–water partition coefficient (Wildman–Crippen LogP) is 2.77. The Hall–Kier alpha value is -0.0600. The molecule has 0 aliphatic rings. The normalized spacial score (nSPS) is 14.5. The van der Waals surface area contributed by atoms with Crippen molar-refractivity contribution in [1.29, 1.82) is 0 Å². The molecule has 0 saturated heterocycles. The van der Waals surface area contributed by atoms with E-state index in [0.29, 0.717) is 6.42 Å². The van der Waals surface area contributed by atoms with Gasteiger partial charge >= 0.3 is 0 Å². The quantitative estimate of drug-likeness (QED) is 0.740. The lowest BCUT2D eigenvalue weighted by atomic mass is 10.3. The lowest BCUT2D eigenvalue weighted by molar-refractivity contribution is 0.595. The first-order valence-corrected chi connectivity index (χ1v) is 6.77. The van der Waals surface area contributed by atoms with Crippen molar-refractivity contribution in [3.05, 3.63) is 22.4 Å². The summed E-state index contributed by atoms with van der Waals surface area (Å²) in [5.74, 6) is 0. The Morgan fingerprint density at radius 2 is 2.33 bits per heavy atom. The molecule has 0 amide bonds. The fourth-order valence-electron chi connectivity index (χ4n) is 1.01. The van der Waals surface area contributed by atoms with Crippen LogP contribution in [0.25, 0.3) is 0 Å². The summed E-state index contributed by atoms with van der Waals surface area (Å²) in [6, 6.07) is 3.61. The highest BCUT2D eigenvalue weighted by Gasteiger charge is 2.23. The lowest BCUT2D eigenvalue weighted by Crippen LogP contribution is -2.03. The molecular weight excluding hydrogens is 216 g/mol. The van der Waals surface area contributed by atoms with E-state index >= 15 is 0 Å². The molecule has 5 heteroatoms. The van der Waals surface area contributed by atoms with Crippen molar-refractivity contribution in [3.8, 4) is 0 Å². The second-order valence-electron chi connectivity index (χ2n) is 2.39. The van der Waals surface area contributed by atoms with Crippen molar-refractivity contribution >= 4 is 31.1 Å². The molecule has 12 heavy (non-hydrogen) atoms. The van der Waals surface area contributed by atoms with E-state index in [1.807, 2.05) is 18.4 Å². The van der Waals surface area contributed by atoms with Gasteiger partial charge in [-0.1, -0.05) is 13.0 Å². The Kier molecular flexibility index (Phi) is 3.15. The van der Waals surface area contributed by atoms with Crippen LogP contribution in [-0.2, 0) is 9.05 Å². The zero-order chi connectivity index (χ0) is 9.19. The highest BCUT2D eigenvalue weighted by molar-refractivity contribution is 8.14. The molecule has 0 bridgehead atoms. The molecule has 0 saturated carbocycles. The summed E-state index contributed by atoms with van der Waals surface area (Å²) in [4.78, 5) is 0.813. The van der Waals surface area contributed by atoms with Crippen LogP contribution in [0, 0.1) is 0 Å². The molecule has 1 unspecified atom stereocenters. The molecule has 0 fully saturated rings. The zero-order valence-electron chi connectivity index (χ0n) is 6.53. The van der Waals surface area contributed by atoms with Crippen molar-refractivity contribution in [3.63, 3.8) is 0 Å². The minimum atomic E-state index is -3.46. The molecule has 0 radical (unpaired) electrons. The Balaban J connectivity index is 3.00. The third-order valence-electron chi connectivity index (χ3n) is 1.57. The van der Waals surface area contributed by atoms with Gasteiger partial charge in [-0.2, -0.15) is 0 Å². The molecule has 0 aromatic carbocycles. The Morgan fingerprint density at radius 1 is 1.67 bits per heavy atom. The molecule has 1 atom stereocenters. The molecule has 0 aliphatic heterocycles. The average molecular weight is 225 g/mol. The van der Waals surface area contributed by atoms with Crippen LogP contribution < -0.4 is 0 Å². The van der Waals surface area contributed by atoms with E-state index < -0.39 is 14.3 Å². The van der Waals surface area contributed by atoms with Crippen LogP contribution in [0.2, 0.25) is 0 Å². The Labute approximate surface area is 80.6 Å². The number of thiophene rings is 1. The molecule has 1 aromatic heterocycles. The topological polar surface area (TPSA) is 34.1 Å². The standard InChI is InChI=1S/C7H9ClO2S2/c1-2-7(12(8,9)10)6-4-3-5-11-6/h3-5,7H,2H2,1H3. The van der Waals surface area contributed by atoms with Crippen LogP contribution in [0.1, 0.15) is 23.5 Å². The van der Waals surface area contributed by atoms with Gasteiger partial charge in [-0.05, 0) is 17.9 Å². The second-order valence-corrected chi connectivity index (χ2v) is 6.18. The molecule has 1 aromatic rings. The maximum Gasteiger partial charge on any atom is 0.240 e. The highest BCUT2D eigenvalue weighted by Crippen LogP contribution is 2.31. The van der Waals surface area contributed by atoms with E-state index in [9.17, 15) is 8.42 Å². The summed E-state index contributed by atoms with van der Waals surface area (Å²) in [6.07, 6.45) is 0.520. The number of hydrogen-bond acceptors (Lipinski definition) is 3. The van der Waals surface area contributed by atoms with E-state index in [1.54, 1.807) is 6.07 Å². The van der Waals surface area contributed by atoms with Crippen LogP contribution in [-0.4, -0.2) is 8.42 Å². The Bertz CT molecular complexity index is 328. The highest BCUT2D eigenvalue weighted by atomic mass is 35.7. The van der Waals surface area contributed by atoms with Crippen LogP contribution >= 0.6 is 22.0 Å². The van der Waals surface area contributed by atoms with Gasteiger partial charge in [-0.15, -0.1) is 11.3 Å². The summed E-state index contributed by atoms with van der Waals surface area (Å²) in [6.45, 7) is 1.81. The fourth-order valence-corrected chi connectivity index (χ4v) is 3.93. The van der Waals surface area contributed by atoms with Gasteiger partial charge in [0.15, 0.2) is 0 Å². The van der Waals surface area contributed by atoms with Crippen molar-refractivity contribution in [2.75, 3.05) is 0 Å². The molecule has 1 heterocycles. The van der Waals surface area contributed by atoms with E-state index in [2.05, 4.69) is 0 Å². The van der Waals surface area contributed by atoms with Gasteiger partial charge in [0.1, 0.15) is 5.25 Å². The summed E-state index contributed by atoms with van der Waals surface area (Å²) in [5, 5.41) is 1.30. The molecule has 68 valence electrons. The van der Waals surface area contributed by atoms with E-state index in [0.717, 1.165) is 4.88 Å². The first-order chi connectivity index (χ1) is 5.55. The minimum absolute atomic E-state index is 0.520. The minimum Gasteiger partial charge on any atom is -0.212 e. The third-order valence-corrected chi connectivity index (χ3v) is 4.62. The smallest absolute Gasteiger partial charge is 0.212 e. The van der Waals surface area contributed by atoms with Crippen LogP contribution in [0.4, 0.5) is 0 Å². The molecule has 1 rings (SSSR count). The van der Waals surface area contributed by atoms with Gasteiger partial charge < -0.3 is 0 Å². The lowest BCUT2D eigenvalue weighted by Gasteiger charge is -2.07.